The molecule has 1 amide bonds. The lowest BCUT2D eigenvalue weighted by molar-refractivity contribution is 0.0205. The molecule has 2 rings (SSSR count). The van der Waals surface area contributed by atoms with Gasteiger partial charge in [0.2, 0.25) is 0 Å². The van der Waals surface area contributed by atoms with E-state index in [4.69, 9.17) is 10.00 Å². The van der Waals surface area contributed by atoms with E-state index < -0.39 is 5.60 Å². The SMILES string of the molecule is CC(C)(C)OC(=O)N1CCC(c2cc(C#N)cs2)CC1. The molecule has 1 aliphatic rings. The Morgan fingerprint density at radius 3 is 2.60 bits per heavy atom. The van der Waals surface area contributed by atoms with E-state index in [9.17, 15) is 4.79 Å². The molecule has 0 aliphatic carbocycles. The second kappa shape index (κ2) is 5.84. The minimum absolute atomic E-state index is 0.222. The third-order valence-electron chi connectivity index (χ3n) is 3.30. The van der Waals surface area contributed by atoms with Crippen LogP contribution in [0.2, 0.25) is 0 Å². The maximum absolute atomic E-state index is 12.0. The third kappa shape index (κ3) is 3.73. The van der Waals surface area contributed by atoms with Crippen LogP contribution in [0.5, 0.6) is 0 Å². The van der Waals surface area contributed by atoms with Crippen molar-refractivity contribution in [1.29, 1.82) is 5.26 Å². The van der Waals surface area contributed by atoms with Gasteiger partial charge in [-0.25, -0.2) is 4.79 Å². The molecule has 0 bridgehead atoms. The molecule has 20 heavy (non-hydrogen) atoms. The monoisotopic (exact) mass is 292 g/mol. The summed E-state index contributed by atoms with van der Waals surface area (Å²) in [7, 11) is 0. The topological polar surface area (TPSA) is 53.3 Å². The molecular formula is C15H20N2O2S. The Morgan fingerprint density at radius 2 is 2.10 bits per heavy atom. The normalized spacial score (nSPS) is 16.8. The quantitative estimate of drug-likeness (QED) is 0.792. The van der Waals surface area contributed by atoms with E-state index in [2.05, 4.69) is 6.07 Å². The number of rotatable bonds is 1. The molecule has 2 heterocycles. The van der Waals surface area contributed by atoms with Crippen molar-refractivity contribution in [3.05, 3.63) is 21.9 Å². The van der Waals surface area contributed by atoms with Gasteiger partial charge in [0.05, 0.1) is 5.56 Å². The van der Waals surface area contributed by atoms with Gasteiger partial charge >= 0.3 is 6.09 Å². The van der Waals surface area contributed by atoms with Crippen LogP contribution in [0.4, 0.5) is 4.79 Å². The zero-order valence-electron chi connectivity index (χ0n) is 12.2. The summed E-state index contributed by atoms with van der Waals surface area (Å²) in [5.74, 6) is 0.459. The maximum atomic E-state index is 12.0. The summed E-state index contributed by atoms with van der Waals surface area (Å²) in [5.41, 5.74) is 0.295. The number of amides is 1. The molecule has 0 radical (unpaired) electrons. The van der Waals surface area contributed by atoms with Crippen LogP contribution in [0.15, 0.2) is 11.4 Å². The van der Waals surface area contributed by atoms with Crippen molar-refractivity contribution < 1.29 is 9.53 Å². The van der Waals surface area contributed by atoms with Crippen molar-refractivity contribution in [3.63, 3.8) is 0 Å². The minimum Gasteiger partial charge on any atom is -0.444 e. The summed E-state index contributed by atoms with van der Waals surface area (Å²) < 4.78 is 5.39. The van der Waals surface area contributed by atoms with Gasteiger partial charge in [-0.2, -0.15) is 5.26 Å². The number of carbonyl (C=O) groups is 1. The van der Waals surface area contributed by atoms with Gasteiger partial charge < -0.3 is 9.64 Å². The number of ether oxygens (including phenoxy) is 1. The number of thiophene rings is 1. The highest BCUT2D eigenvalue weighted by atomic mass is 32.1. The van der Waals surface area contributed by atoms with Crippen LogP contribution in [-0.4, -0.2) is 29.7 Å². The number of likely N-dealkylation sites (tertiary alicyclic amines) is 1. The van der Waals surface area contributed by atoms with Gasteiger partial charge in [-0.3, -0.25) is 0 Å². The summed E-state index contributed by atoms with van der Waals surface area (Å²) in [6.07, 6.45) is 1.65. The lowest BCUT2D eigenvalue weighted by Gasteiger charge is -2.33. The van der Waals surface area contributed by atoms with E-state index in [1.54, 1.807) is 16.2 Å². The van der Waals surface area contributed by atoms with E-state index in [1.165, 1.54) is 4.88 Å². The van der Waals surface area contributed by atoms with Crippen molar-refractivity contribution >= 4 is 17.4 Å². The Hall–Kier alpha value is -1.54. The van der Waals surface area contributed by atoms with E-state index in [0.29, 0.717) is 5.92 Å². The predicted octanol–water partition coefficient (Wildman–Crippen LogP) is 3.73. The van der Waals surface area contributed by atoms with Gasteiger partial charge in [-0.15, -0.1) is 11.3 Å². The van der Waals surface area contributed by atoms with Crippen LogP contribution >= 0.6 is 11.3 Å². The first-order valence-corrected chi connectivity index (χ1v) is 7.73. The zero-order chi connectivity index (χ0) is 14.8. The molecule has 1 aromatic heterocycles. The molecule has 0 spiro atoms. The fourth-order valence-electron chi connectivity index (χ4n) is 2.30. The number of nitriles is 1. The molecule has 1 saturated heterocycles. The molecule has 0 saturated carbocycles. The fourth-order valence-corrected chi connectivity index (χ4v) is 3.31. The first-order valence-electron chi connectivity index (χ1n) is 6.85. The molecule has 4 nitrogen and oxygen atoms in total. The van der Waals surface area contributed by atoms with Gasteiger partial charge in [0.1, 0.15) is 11.7 Å². The van der Waals surface area contributed by atoms with Crippen LogP contribution in [0, 0.1) is 11.3 Å². The van der Waals surface area contributed by atoms with Crippen molar-refractivity contribution in [2.24, 2.45) is 0 Å². The van der Waals surface area contributed by atoms with E-state index >= 15 is 0 Å². The Balaban J connectivity index is 1.89. The van der Waals surface area contributed by atoms with E-state index in [1.807, 2.05) is 32.2 Å². The van der Waals surface area contributed by atoms with Gasteiger partial charge in [-0.1, -0.05) is 0 Å². The molecule has 1 aliphatic heterocycles. The summed E-state index contributed by atoms with van der Waals surface area (Å²) in [4.78, 5) is 15.0. The molecular weight excluding hydrogens is 272 g/mol. The van der Waals surface area contributed by atoms with Gasteiger partial charge in [0, 0.05) is 23.3 Å². The molecule has 1 fully saturated rings. The minimum atomic E-state index is -0.441. The van der Waals surface area contributed by atoms with Crippen LogP contribution in [0.1, 0.15) is 50.0 Å². The molecule has 108 valence electrons. The van der Waals surface area contributed by atoms with Crippen molar-refractivity contribution in [1.82, 2.24) is 4.90 Å². The fraction of sp³-hybridized carbons (Fsp3) is 0.600. The molecule has 0 unspecified atom stereocenters. The number of nitrogens with zero attached hydrogens (tertiary/aromatic N) is 2. The van der Waals surface area contributed by atoms with Crippen molar-refractivity contribution in [2.75, 3.05) is 13.1 Å². The summed E-state index contributed by atoms with van der Waals surface area (Å²) in [6.45, 7) is 7.09. The number of carbonyl (C=O) groups excluding carboxylic acids is 1. The molecule has 5 heteroatoms. The predicted molar refractivity (Wildman–Crippen MR) is 78.8 cm³/mol. The first kappa shape index (κ1) is 14.9. The van der Waals surface area contributed by atoms with E-state index in [-0.39, 0.29) is 6.09 Å². The third-order valence-corrected chi connectivity index (χ3v) is 4.39. The molecule has 0 aromatic carbocycles. The largest absolute Gasteiger partial charge is 0.444 e. The average Bonchev–Trinajstić information content (AvgIpc) is 2.85. The Kier molecular flexibility index (Phi) is 4.34. The summed E-state index contributed by atoms with van der Waals surface area (Å²) in [5, 5.41) is 10.8. The lowest BCUT2D eigenvalue weighted by atomic mass is 9.95. The Bertz CT molecular complexity index is 517. The molecule has 0 atom stereocenters. The van der Waals surface area contributed by atoms with Crippen LogP contribution in [-0.2, 0) is 4.74 Å². The Labute approximate surface area is 124 Å². The van der Waals surface area contributed by atoms with Gasteiger partial charge in [0.25, 0.3) is 0 Å². The summed E-state index contributed by atoms with van der Waals surface area (Å²) >= 11 is 1.64. The summed E-state index contributed by atoms with van der Waals surface area (Å²) in [6, 6.07) is 4.14. The Morgan fingerprint density at radius 1 is 1.45 bits per heavy atom. The number of hydrogen-bond acceptors (Lipinski definition) is 4. The first-order chi connectivity index (χ1) is 9.39. The lowest BCUT2D eigenvalue weighted by Crippen LogP contribution is -2.41. The van der Waals surface area contributed by atoms with E-state index in [0.717, 1.165) is 31.5 Å². The number of piperidine rings is 1. The second-order valence-electron chi connectivity index (χ2n) is 6.09. The zero-order valence-corrected chi connectivity index (χ0v) is 13.0. The highest BCUT2D eigenvalue weighted by Crippen LogP contribution is 2.32. The average molecular weight is 292 g/mol. The van der Waals surface area contributed by atoms with Crippen molar-refractivity contribution in [3.8, 4) is 6.07 Å². The van der Waals surface area contributed by atoms with Gasteiger partial charge in [0.15, 0.2) is 0 Å². The van der Waals surface area contributed by atoms with Crippen LogP contribution in [0.25, 0.3) is 0 Å². The van der Waals surface area contributed by atoms with Crippen molar-refractivity contribution in [2.45, 2.75) is 45.1 Å². The smallest absolute Gasteiger partial charge is 0.410 e. The van der Waals surface area contributed by atoms with Gasteiger partial charge in [-0.05, 0) is 45.6 Å². The van der Waals surface area contributed by atoms with Crippen LogP contribution < -0.4 is 0 Å². The maximum Gasteiger partial charge on any atom is 0.410 e. The highest BCUT2D eigenvalue weighted by Gasteiger charge is 2.27. The molecule has 0 N–H and O–H groups in total. The molecule has 1 aromatic rings. The standard InChI is InChI=1S/C15H20N2O2S/c1-15(2,3)19-14(18)17-6-4-12(5-7-17)13-8-11(9-16)10-20-13/h8,10,12H,4-7H2,1-3H3. The van der Waals surface area contributed by atoms with Crippen LogP contribution in [0.3, 0.4) is 0 Å². The second-order valence-corrected chi connectivity index (χ2v) is 7.03. The highest BCUT2D eigenvalue weighted by molar-refractivity contribution is 7.10. The number of hydrogen-bond donors (Lipinski definition) is 0.